The molecule has 5 heteroatoms. The first-order valence-electron chi connectivity index (χ1n) is 6.48. The first kappa shape index (κ1) is 12.3. The maximum absolute atomic E-state index is 12.3. The van der Waals surface area contributed by atoms with Crippen molar-refractivity contribution < 1.29 is 14.3 Å². The molecule has 1 heterocycles. The Kier molecular flexibility index (Phi) is 2.67. The van der Waals surface area contributed by atoms with Crippen molar-refractivity contribution in [1.82, 2.24) is 5.01 Å². The van der Waals surface area contributed by atoms with Gasteiger partial charge in [0, 0.05) is 7.05 Å². The number of ether oxygens (including phenoxy) is 2. The fraction of sp³-hybridized carbons (Fsp3) is 0.500. The van der Waals surface area contributed by atoms with Crippen LogP contribution in [0.4, 0.5) is 0 Å². The molecule has 1 amide bonds. The third-order valence-corrected chi connectivity index (χ3v) is 3.88. The number of hydrogen-bond donors (Lipinski definition) is 1. The minimum atomic E-state index is -0.455. The van der Waals surface area contributed by atoms with Gasteiger partial charge in [0.2, 0.25) is 5.91 Å². The van der Waals surface area contributed by atoms with E-state index in [9.17, 15) is 4.79 Å². The second-order valence-electron chi connectivity index (χ2n) is 5.31. The molecule has 0 radical (unpaired) electrons. The van der Waals surface area contributed by atoms with E-state index in [1.54, 1.807) is 7.05 Å². The molecule has 2 N–H and O–H groups in total. The number of rotatable bonds is 2. The van der Waals surface area contributed by atoms with Crippen LogP contribution in [0, 0.1) is 6.92 Å². The summed E-state index contributed by atoms with van der Waals surface area (Å²) in [6, 6.07) is 3.89. The Hall–Kier alpha value is -1.75. The zero-order valence-corrected chi connectivity index (χ0v) is 11.2. The van der Waals surface area contributed by atoms with Gasteiger partial charge in [0.15, 0.2) is 11.5 Å². The van der Waals surface area contributed by atoms with E-state index in [0.29, 0.717) is 13.2 Å². The molecule has 1 aliphatic carbocycles. The Bertz CT molecular complexity index is 536. The van der Waals surface area contributed by atoms with Crippen molar-refractivity contribution in [3.63, 3.8) is 0 Å². The first-order valence-corrected chi connectivity index (χ1v) is 6.48. The van der Waals surface area contributed by atoms with E-state index in [4.69, 9.17) is 15.3 Å². The first-order chi connectivity index (χ1) is 9.04. The average molecular weight is 262 g/mol. The number of carbonyl (C=O) groups is 1. The summed E-state index contributed by atoms with van der Waals surface area (Å²) in [5.41, 5.74) is 1.61. The largest absolute Gasteiger partial charge is 0.486 e. The molecule has 102 valence electrons. The van der Waals surface area contributed by atoms with E-state index in [-0.39, 0.29) is 5.91 Å². The summed E-state index contributed by atoms with van der Waals surface area (Å²) in [6.45, 7) is 3.12. The maximum Gasteiger partial charge on any atom is 0.246 e. The number of amides is 1. The van der Waals surface area contributed by atoms with Gasteiger partial charge >= 0.3 is 0 Å². The lowest BCUT2D eigenvalue weighted by atomic mass is 9.90. The lowest BCUT2D eigenvalue weighted by Crippen LogP contribution is -2.41. The Morgan fingerprint density at radius 1 is 1.26 bits per heavy atom. The predicted octanol–water partition coefficient (Wildman–Crippen LogP) is 1.13. The highest BCUT2D eigenvalue weighted by atomic mass is 16.6. The number of aryl methyl sites for hydroxylation is 1. The molecule has 19 heavy (non-hydrogen) atoms. The monoisotopic (exact) mass is 262 g/mol. The van der Waals surface area contributed by atoms with Gasteiger partial charge < -0.3 is 9.47 Å². The zero-order valence-electron chi connectivity index (χ0n) is 11.2. The Morgan fingerprint density at radius 2 is 1.84 bits per heavy atom. The van der Waals surface area contributed by atoms with E-state index in [1.807, 2.05) is 19.1 Å². The molecule has 1 aromatic carbocycles. The summed E-state index contributed by atoms with van der Waals surface area (Å²) in [6.07, 6.45) is 1.68. The number of hydrogen-bond acceptors (Lipinski definition) is 4. The van der Waals surface area contributed by atoms with Gasteiger partial charge in [-0.2, -0.15) is 0 Å². The second kappa shape index (κ2) is 4.13. The summed E-state index contributed by atoms with van der Waals surface area (Å²) < 4.78 is 11.2. The number of carbonyl (C=O) groups excluding carboxylic acids is 1. The Morgan fingerprint density at radius 3 is 2.37 bits per heavy atom. The maximum atomic E-state index is 12.3. The van der Waals surface area contributed by atoms with Crippen LogP contribution in [0.15, 0.2) is 12.1 Å². The van der Waals surface area contributed by atoms with Crippen LogP contribution >= 0.6 is 0 Å². The van der Waals surface area contributed by atoms with Crippen molar-refractivity contribution in [3.8, 4) is 11.5 Å². The van der Waals surface area contributed by atoms with Gasteiger partial charge in [-0.05, 0) is 43.0 Å². The van der Waals surface area contributed by atoms with Gasteiger partial charge in [0.1, 0.15) is 13.2 Å². The van der Waals surface area contributed by atoms with Crippen molar-refractivity contribution in [1.29, 1.82) is 0 Å². The fourth-order valence-electron chi connectivity index (χ4n) is 2.77. The smallest absolute Gasteiger partial charge is 0.246 e. The zero-order chi connectivity index (χ0) is 13.6. The fourth-order valence-corrected chi connectivity index (χ4v) is 2.77. The Labute approximate surface area is 112 Å². The topological polar surface area (TPSA) is 64.8 Å². The van der Waals surface area contributed by atoms with Gasteiger partial charge in [-0.3, -0.25) is 9.80 Å². The quantitative estimate of drug-likeness (QED) is 0.493. The van der Waals surface area contributed by atoms with Crippen LogP contribution in [-0.4, -0.2) is 31.2 Å². The number of likely N-dealkylation sites (N-methyl/N-ethyl adjacent to an activating group) is 1. The molecular formula is C14H18N2O3. The highest BCUT2D eigenvalue weighted by molar-refractivity contribution is 5.91. The van der Waals surface area contributed by atoms with Crippen LogP contribution < -0.4 is 15.3 Å². The molecule has 5 nitrogen and oxygen atoms in total. The molecule has 1 aromatic rings. The number of nitrogens with two attached hydrogens (primary N) is 1. The highest BCUT2D eigenvalue weighted by Crippen LogP contribution is 2.52. The number of hydrazine groups is 1. The Balaban J connectivity index is 2.04. The van der Waals surface area contributed by atoms with Gasteiger partial charge in [-0.25, -0.2) is 5.84 Å². The average Bonchev–Trinajstić information content (AvgIpc) is 3.18. The van der Waals surface area contributed by atoms with Crippen LogP contribution in [0.2, 0.25) is 0 Å². The molecule has 1 fully saturated rings. The van der Waals surface area contributed by atoms with E-state index in [1.165, 1.54) is 5.01 Å². The predicted molar refractivity (Wildman–Crippen MR) is 70.0 cm³/mol. The molecule has 0 bridgehead atoms. The standard InChI is InChI=1S/C14H18N2O3/c1-9-7-11-12(19-6-5-18-11)8-10(9)14(3-4-14)13(17)16(2)15/h7-8H,3-6,15H2,1-2H3. The van der Waals surface area contributed by atoms with Crippen molar-refractivity contribution in [2.45, 2.75) is 25.2 Å². The van der Waals surface area contributed by atoms with Crippen LogP contribution in [0.5, 0.6) is 11.5 Å². The van der Waals surface area contributed by atoms with Gasteiger partial charge in [0.05, 0.1) is 5.41 Å². The molecule has 2 aliphatic rings. The number of fused-ring (bicyclic) bond motifs is 1. The minimum Gasteiger partial charge on any atom is -0.486 e. The van der Waals surface area contributed by atoms with E-state index in [2.05, 4.69) is 0 Å². The van der Waals surface area contributed by atoms with Crippen LogP contribution in [-0.2, 0) is 10.2 Å². The highest BCUT2D eigenvalue weighted by Gasteiger charge is 2.53. The van der Waals surface area contributed by atoms with Crippen LogP contribution in [0.25, 0.3) is 0 Å². The van der Waals surface area contributed by atoms with Gasteiger partial charge in [-0.1, -0.05) is 0 Å². The lowest BCUT2D eigenvalue weighted by Gasteiger charge is -2.25. The molecule has 0 saturated heterocycles. The van der Waals surface area contributed by atoms with Crippen LogP contribution in [0.1, 0.15) is 24.0 Å². The van der Waals surface area contributed by atoms with Gasteiger partial charge in [-0.15, -0.1) is 0 Å². The molecule has 0 aromatic heterocycles. The minimum absolute atomic E-state index is 0.0349. The summed E-state index contributed by atoms with van der Waals surface area (Å²) in [7, 11) is 1.59. The van der Waals surface area contributed by atoms with E-state index in [0.717, 1.165) is 35.5 Å². The summed E-state index contributed by atoms with van der Waals surface area (Å²) >= 11 is 0. The van der Waals surface area contributed by atoms with Crippen molar-refractivity contribution in [3.05, 3.63) is 23.3 Å². The number of nitrogens with zero attached hydrogens (tertiary/aromatic N) is 1. The van der Waals surface area contributed by atoms with Crippen molar-refractivity contribution in [2.75, 3.05) is 20.3 Å². The molecule has 1 saturated carbocycles. The molecule has 0 atom stereocenters. The molecule has 0 unspecified atom stereocenters. The second-order valence-corrected chi connectivity index (χ2v) is 5.31. The number of benzene rings is 1. The van der Waals surface area contributed by atoms with Crippen molar-refractivity contribution in [2.24, 2.45) is 5.84 Å². The third kappa shape index (κ3) is 1.85. The van der Waals surface area contributed by atoms with Gasteiger partial charge in [0.25, 0.3) is 0 Å². The van der Waals surface area contributed by atoms with Crippen LogP contribution in [0.3, 0.4) is 0 Å². The lowest BCUT2D eigenvalue weighted by molar-refractivity contribution is -0.132. The summed E-state index contributed by atoms with van der Waals surface area (Å²) in [5.74, 6) is 7.07. The van der Waals surface area contributed by atoms with Crippen molar-refractivity contribution >= 4 is 5.91 Å². The molecular weight excluding hydrogens is 244 g/mol. The molecule has 1 aliphatic heterocycles. The van der Waals surface area contributed by atoms with E-state index < -0.39 is 5.41 Å². The molecule has 3 rings (SSSR count). The summed E-state index contributed by atoms with van der Waals surface area (Å²) in [5, 5.41) is 1.18. The SMILES string of the molecule is Cc1cc2c(cc1C1(C(=O)N(C)N)CC1)OCCO2. The third-order valence-electron chi connectivity index (χ3n) is 3.88. The summed E-state index contributed by atoms with van der Waals surface area (Å²) in [4.78, 5) is 12.3. The normalized spacial score (nSPS) is 18.9. The van der Waals surface area contributed by atoms with E-state index >= 15 is 0 Å². The molecule has 0 spiro atoms.